The molecule has 0 aromatic carbocycles. The van der Waals surface area contributed by atoms with Gasteiger partial charge in [0.2, 0.25) is 0 Å². The quantitative estimate of drug-likeness (QED) is 0.433. The van der Waals surface area contributed by atoms with E-state index in [1.807, 2.05) is 0 Å². The maximum atomic E-state index is 9.33. The van der Waals surface area contributed by atoms with Gasteiger partial charge in [0.1, 0.15) is 0 Å². The van der Waals surface area contributed by atoms with Crippen LogP contribution >= 0.6 is 8.25 Å². The van der Waals surface area contributed by atoms with Gasteiger partial charge in [-0.3, -0.25) is 4.57 Å². The number of rotatable bonds is 1. The summed E-state index contributed by atoms with van der Waals surface area (Å²) in [7, 11) is -1.44. The zero-order valence-corrected chi connectivity index (χ0v) is 5.01. The minimum Gasteiger partial charge on any atom is -0.326 e. The van der Waals surface area contributed by atoms with Crippen molar-refractivity contribution in [2.75, 3.05) is 7.11 Å². The molecule has 0 aliphatic heterocycles. The van der Waals surface area contributed by atoms with Crippen LogP contribution in [0.3, 0.4) is 0 Å². The van der Waals surface area contributed by atoms with Crippen LogP contribution in [0.5, 0.6) is 0 Å². The SMILES string of the molecule is CO[PH](=O)O.[Cu]. The first-order valence-electron chi connectivity index (χ1n) is 1.04. The molecule has 1 atom stereocenters. The zero-order valence-electron chi connectivity index (χ0n) is 3.07. The Morgan fingerprint density at radius 1 is 1.83 bits per heavy atom. The van der Waals surface area contributed by atoms with Crippen molar-refractivity contribution in [3.63, 3.8) is 0 Å². The van der Waals surface area contributed by atoms with Crippen molar-refractivity contribution in [1.29, 1.82) is 0 Å². The van der Waals surface area contributed by atoms with Gasteiger partial charge in [-0.15, -0.1) is 0 Å². The molecule has 0 aliphatic rings. The van der Waals surface area contributed by atoms with Crippen LogP contribution in [0.4, 0.5) is 0 Å². The summed E-state index contributed by atoms with van der Waals surface area (Å²) in [6.07, 6.45) is 0. The molecule has 1 N–H and O–H groups in total. The molecule has 0 bridgehead atoms. The molecule has 0 rings (SSSR count). The van der Waals surface area contributed by atoms with Gasteiger partial charge in [-0.1, -0.05) is 0 Å². The fourth-order valence-corrected chi connectivity index (χ4v) is 0. The van der Waals surface area contributed by atoms with E-state index in [-0.39, 0.29) is 17.1 Å². The molecule has 0 spiro atoms. The first-order chi connectivity index (χ1) is 2.27. The Bertz CT molecular complexity index is 46.1. The Labute approximate surface area is 47.1 Å². The van der Waals surface area contributed by atoms with Crippen molar-refractivity contribution in [1.82, 2.24) is 0 Å². The van der Waals surface area contributed by atoms with Crippen LogP contribution in [0.25, 0.3) is 0 Å². The minimum atomic E-state index is -2.62. The van der Waals surface area contributed by atoms with Crippen molar-refractivity contribution in [2.24, 2.45) is 0 Å². The van der Waals surface area contributed by atoms with E-state index < -0.39 is 8.25 Å². The fourth-order valence-electron chi connectivity index (χ4n) is 0. The number of hydrogen-bond donors (Lipinski definition) is 1. The first kappa shape index (κ1) is 9.83. The predicted octanol–water partition coefficient (Wildman–Crippen LogP) is 0.0123. The fraction of sp³-hybridized carbons (Fsp3) is 1.00. The van der Waals surface area contributed by atoms with E-state index in [1.165, 1.54) is 7.11 Å². The molecule has 6 heavy (non-hydrogen) atoms. The summed E-state index contributed by atoms with van der Waals surface area (Å²) in [4.78, 5) is 7.69. The van der Waals surface area contributed by atoms with Gasteiger partial charge in [0.25, 0.3) is 0 Å². The van der Waals surface area contributed by atoms with Crippen LogP contribution in [-0.2, 0) is 26.2 Å². The van der Waals surface area contributed by atoms with Crippen molar-refractivity contribution in [3.8, 4) is 0 Å². The van der Waals surface area contributed by atoms with E-state index in [1.54, 1.807) is 0 Å². The maximum absolute atomic E-state index is 9.33. The van der Waals surface area contributed by atoms with Crippen LogP contribution in [0.2, 0.25) is 0 Å². The molecule has 1 unspecified atom stereocenters. The molecular weight excluding hydrogens is 155 g/mol. The molecule has 3 nitrogen and oxygen atoms in total. The second kappa shape index (κ2) is 5.67. The van der Waals surface area contributed by atoms with Crippen LogP contribution in [0, 0.1) is 0 Å². The summed E-state index contributed by atoms with van der Waals surface area (Å²) in [5, 5.41) is 0. The van der Waals surface area contributed by atoms with Gasteiger partial charge >= 0.3 is 8.25 Å². The Morgan fingerprint density at radius 2 is 2.00 bits per heavy atom. The third-order valence-corrected chi connectivity index (χ3v) is 0.524. The van der Waals surface area contributed by atoms with Gasteiger partial charge in [0, 0.05) is 24.2 Å². The predicted molar refractivity (Wildman–Crippen MR) is 18.2 cm³/mol. The van der Waals surface area contributed by atoms with Gasteiger partial charge in [0.15, 0.2) is 0 Å². The Balaban J connectivity index is 0. The average molecular weight is 160 g/mol. The minimum absolute atomic E-state index is 0. The van der Waals surface area contributed by atoms with Gasteiger partial charge in [0.05, 0.1) is 0 Å². The number of hydrogen-bond acceptors (Lipinski definition) is 2. The van der Waals surface area contributed by atoms with Crippen molar-refractivity contribution >= 4 is 8.25 Å². The topological polar surface area (TPSA) is 46.5 Å². The molecule has 1 radical (unpaired) electrons. The summed E-state index contributed by atoms with van der Waals surface area (Å²) in [5.74, 6) is 0. The molecule has 0 amide bonds. The molecular formula is CH5CuO3P. The summed E-state index contributed by atoms with van der Waals surface area (Å²) < 4.78 is 13.2. The largest absolute Gasteiger partial charge is 0.326 e. The van der Waals surface area contributed by atoms with Gasteiger partial charge in [-0.25, -0.2) is 0 Å². The Morgan fingerprint density at radius 3 is 2.00 bits per heavy atom. The van der Waals surface area contributed by atoms with E-state index in [4.69, 9.17) is 4.89 Å². The normalized spacial score (nSPS) is 12.3. The Hall–Kier alpha value is 0.669. The van der Waals surface area contributed by atoms with Gasteiger partial charge in [-0.2, -0.15) is 0 Å². The van der Waals surface area contributed by atoms with Crippen LogP contribution in [-0.4, -0.2) is 12.0 Å². The molecule has 0 aromatic heterocycles. The van der Waals surface area contributed by atoms with Crippen molar-refractivity contribution in [2.45, 2.75) is 0 Å². The summed E-state index contributed by atoms with van der Waals surface area (Å²) >= 11 is 0. The third-order valence-electron chi connectivity index (χ3n) is 0.175. The van der Waals surface area contributed by atoms with Crippen molar-refractivity contribution < 1.29 is 31.1 Å². The van der Waals surface area contributed by atoms with Crippen LogP contribution in [0.1, 0.15) is 0 Å². The standard InChI is InChI=1S/CH5O3P.Cu/c1-4-5(2)3;/h5H,1H3,(H,2,3);. The smallest absolute Gasteiger partial charge is 0.316 e. The zero-order chi connectivity index (χ0) is 4.28. The monoisotopic (exact) mass is 159 g/mol. The summed E-state index contributed by atoms with van der Waals surface area (Å²) in [6.45, 7) is 0. The first-order valence-corrected chi connectivity index (χ1v) is 2.30. The van der Waals surface area contributed by atoms with E-state index in [2.05, 4.69) is 4.52 Å². The van der Waals surface area contributed by atoms with Crippen molar-refractivity contribution in [3.05, 3.63) is 0 Å². The van der Waals surface area contributed by atoms with E-state index in [9.17, 15) is 4.57 Å². The molecule has 43 valence electrons. The van der Waals surface area contributed by atoms with E-state index >= 15 is 0 Å². The Kier molecular flexibility index (Phi) is 9.29. The third kappa shape index (κ3) is 8.82. The van der Waals surface area contributed by atoms with Crippen LogP contribution < -0.4 is 0 Å². The van der Waals surface area contributed by atoms with Gasteiger partial charge < -0.3 is 9.42 Å². The molecule has 0 aliphatic carbocycles. The molecule has 0 saturated carbocycles. The van der Waals surface area contributed by atoms with E-state index in [0.717, 1.165) is 0 Å². The summed E-state index contributed by atoms with van der Waals surface area (Å²) in [5.41, 5.74) is 0. The van der Waals surface area contributed by atoms with Crippen LogP contribution in [0.15, 0.2) is 0 Å². The summed E-state index contributed by atoms with van der Waals surface area (Å²) in [6, 6.07) is 0. The van der Waals surface area contributed by atoms with Gasteiger partial charge in [-0.05, 0) is 0 Å². The average Bonchev–Trinajstić information content (AvgIpc) is 1.38. The second-order valence-electron chi connectivity index (χ2n) is 0.470. The van der Waals surface area contributed by atoms with E-state index in [0.29, 0.717) is 0 Å². The molecule has 0 heterocycles. The molecule has 0 aromatic rings. The maximum Gasteiger partial charge on any atom is 0.316 e. The molecule has 0 saturated heterocycles. The molecule has 5 heteroatoms. The molecule has 0 fully saturated rings. The second-order valence-corrected chi connectivity index (χ2v) is 1.41.